The van der Waals surface area contributed by atoms with Crippen LogP contribution in [0, 0.1) is 0 Å². The number of rotatable bonds is 9. The first kappa shape index (κ1) is 40.4. The van der Waals surface area contributed by atoms with E-state index in [-0.39, 0.29) is 22.5 Å². The van der Waals surface area contributed by atoms with Crippen molar-refractivity contribution in [2.24, 2.45) is 0 Å². The van der Waals surface area contributed by atoms with Crippen molar-refractivity contribution in [2.45, 2.75) is 116 Å². The highest BCUT2D eigenvalue weighted by molar-refractivity contribution is 6.11. The molecular formula is C59H61N4O+. The highest BCUT2D eigenvalue weighted by atomic mass is 16.3. The number of benzene rings is 6. The van der Waals surface area contributed by atoms with Gasteiger partial charge in [-0.25, -0.2) is 4.57 Å². The largest absolute Gasteiger partial charge is 0.456 e. The Morgan fingerprint density at radius 1 is 0.703 bits per heavy atom. The number of aromatic nitrogens is 2. The lowest BCUT2D eigenvalue weighted by Crippen LogP contribution is -2.70. The van der Waals surface area contributed by atoms with Crippen LogP contribution in [0.4, 0.5) is 22.7 Å². The normalized spacial score (nSPS) is 20.5. The maximum absolute atomic E-state index is 7.00. The molecule has 3 atom stereocenters. The van der Waals surface area contributed by atoms with Crippen LogP contribution in [0.5, 0.6) is 0 Å². The van der Waals surface area contributed by atoms with Crippen molar-refractivity contribution in [1.29, 1.82) is 0 Å². The minimum atomic E-state index is -0.374. The lowest BCUT2D eigenvalue weighted by Gasteiger charge is -2.52. The van der Waals surface area contributed by atoms with Crippen molar-refractivity contribution in [2.75, 3.05) is 9.80 Å². The molecule has 0 spiro atoms. The summed E-state index contributed by atoms with van der Waals surface area (Å²) in [5.74, 6) is 1.98. The first-order valence-electron chi connectivity index (χ1n) is 23.7. The number of fused-ring (bicyclic) bond motifs is 9. The van der Waals surface area contributed by atoms with Crippen molar-refractivity contribution in [3.05, 3.63) is 174 Å². The van der Waals surface area contributed by atoms with Gasteiger partial charge in [0.25, 0.3) is 5.82 Å². The monoisotopic (exact) mass is 841 g/mol. The Hall–Kier alpha value is -6.33. The summed E-state index contributed by atoms with van der Waals surface area (Å²) >= 11 is 0. The Labute approximate surface area is 379 Å². The summed E-state index contributed by atoms with van der Waals surface area (Å²) in [5, 5.41) is 2.28. The molecule has 0 radical (unpaired) electrons. The van der Waals surface area contributed by atoms with Crippen molar-refractivity contribution < 1.29 is 8.98 Å². The number of imidazole rings is 1. The highest BCUT2D eigenvalue weighted by Crippen LogP contribution is 2.63. The summed E-state index contributed by atoms with van der Waals surface area (Å²) < 4.78 is 12.3. The first-order chi connectivity index (χ1) is 30.9. The number of anilines is 4. The zero-order chi connectivity index (χ0) is 44.4. The maximum atomic E-state index is 7.00. The predicted octanol–water partition coefficient (Wildman–Crippen LogP) is 15.4. The summed E-state index contributed by atoms with van der Waals surface area (Å²) in [6.45, 7) is 26.1. The van der Waals surface area contributed by atoms with E-state index in [0.29, 0.717) is 11.8 Å². The fraction of sp³-hybridized carbons (Fsp3) is 0.305. The van der Waals surface area contributed by atoms with Crippen LogP contribution in [0.3, 0.4) is 0 Å². The fourth-order valence-corrected chi connectivity index (χ4v) is 12.7. The van der Waals surface area contributed by atoms with Crippen molar-refractivity contribution in [3.63, 3.8) is 0 Å². The first-order valence-corrected chi connectivity index (χ1v) is 23.7. The average molecular weight is 842 g/mol. The van der Waals surface area contributed by atoms with E-state index in [2.05, 4.69) is 228 Å². The molecule has 5 heteroatoms. The topological polar surface area (TPSA) is 28.4 Å². The summed E-state index contributed by atoms with van der Waals surface area (Å²) in [6.07, 6.45) is 9.54. The van der Waals surface area contributed by atoms with Crippen molar-refractivity contribution >= 4 is 50.8 Å². The summed E-state index contributed by atoms with van der Waals surface area (Å²) in [5.41, 5.74) is 16.3. The van der Waals surface area contributed by atoms with Crippen LogP contribution in [0.25, 0.3) is 45.1 Å². The van der Waals surface area contributed by atoms with Gasteiger partial charge in [0.15, 0.2) is 0 Å². The molecule has 322 valence electrons. The van der Waals surface area contributed by atoms with Crippen LogP contribution < -0.4 is 14.4 Å². The van der Waals surface area contributed by atoms with Gasteiger partial charge < -0.3 is 14.2 Å². The van der Waals surface area contributed by atoms with Gasteiger partial charge in [0.2, 0.25) is 0 Å². The van der Waals surface area contributed by atoms with E-state index in [1.54, 1.807) is 0 Å². The van der Waals surface area contributed by atoms with Gasteiger partial charge in [-0.05, 0) is 77.8 Å². The van der Waals surface area contributed by atoms with Crippen LogP contribution >= 0.6 is 0 Å². The van der Waals surface area contributed by atoms with Crippen molar-refractivity contribution in [3.8, 4) is 17.1 Å². The Morgan fingerprint density at radius 3 is 2.08 bits per heavy atom. The third-order valence-corrected chi connectivity index (χ3v) is 16.0. The average Bonchev–Trinajstić information content (AvgIpc) is 4.01. The van der Waals surface area contributed by atoms with E-state index < -0.39 is 0 Å². The van der Waals surface area contributed by atoms with E-state index in [4.69, 9.17) is 4.42 Å². The third kappa shape index (κ3) is 5.21. The molecule has 5 nitrogen and oxygen atoms in total. The molecule has 3 unspecified atom stereocenters. The molecule has 0 fully saturated rings. The second kappa shape index (κ2) is 14.3. The zero-order valence-corrected chi connectivity index (χ0v) is 39.0. The van der Waals surface area contributed by atoms with Crippen LogP contribution in [-0.2, 0) is 16.4 Å². The number of hydrogen-bond acceptors (Lipinski definition) is 3. The Bertz CT molecular complexity index is 3140. The molecule has 0 bridgehead atoms. The van der Waals surface area contributed by atoms with Gasteiger partial charge in [-0.2, -0.15) is 4.57 Å². The van der Waals surface area contributed by atoms with Crippen LogP contribution in [0.2, 0.25) is 0 Å². The van der Waals surface area contributed by atoms with Gasteiger partial charge in [0.1, 0.15) is 41.0 Å². The molecule has 3 aliphatic rings. The van der Waals surface area contributed by atoms with Crippen LogP contribution in [0.1, 0.15) is 127 Å². The molecule has 0 saturated carbocycles. The third-order valence-electron chi connectivity index (χ3n) is 16.0. The second-order valence-electron chi connectivity index (χ2n) is 20.0. The standard InChI is InChI=1S/C59H61N4O/c1-11-39-35-45-43-25-18-20-32-49(43)64-55(45)51-52(39)63-50(62(40-23-15-14-16-24-40)48-31-22-30-47(54(48)63)57(51,8)9)36-59(13-3)58(10,12-2)46-29-19-17-26-44(46)56-60(33-34-61(56)59)53-41(37(4)5)27-21-28-42(53)38(6)7/h11,14-35,37-38,50H,1,12-13,36H2,2-10H3/q+1. The predicted molar refractivity (Wildman–Crippen MR) is 267 cm³/mol. The zero-order valence-electron chi connectivity index (χ0n) is 39.0. The smallest absolute Gasteiger partial charge is 0.294 e. The van der Waals surface area contributed by atoms with Gasteiger partial charge in [-0.3, -0.25) is 0 Å². The van der Waals surface area contributed by atoms with Crippen LogP contribution in [-0.4, -0.2) is 10.7 Å². The number of furan rings is 1. The molecule has 0 amide bonds. The molecule has 3 aliphatic heterocycles. The molecule has 6 aromatic carbocycles. The SMILES string of the molecule is C=Cc1cc2c(oc3ccccc32)c2c1N1c3c(cccc3C2(C)C)N(c2ccccc2)C1CC1(CC)[n+]2ccn(-c3c(C(C)C)cccc3C(C)C)c2-c2ccccc2C1(C)CC. The van der Waals surface area contributed by atoms with Crippen LogP contribution in [0.15, 0.2) is 145 Å². The van der Waals surface area contributed by atoms with Gasteiger partial charge in [-0.1, -0.05) is 160 Å². The molecule has 11 rings (SSSR count). The van der Waals surface area contributed by atoms with E-state index in [1.807, 2.05) is 0 Å². The Balaban J connectivity index is 1.23. The Kier molecular flexibility index (Phi) is 9.06. The van der Waals surface area contributed by atoms with Gasteiger partial charge in [0, 0.05) is 50.4 Å². The maximum Gasteiger partial charge on any atom is 0.294 e. The molecule has 5 heterocycles. The molecular weight excluding hydrogens is 781 g/mol. The number of hydrogen-bond donors (Lipinski definition) is 0. The summed E-state index contributed by atoms with van der Waals surface area (Å²) in [6, 6.07) is 45.2. The van der Waals surface area contributed by atoms with Gasteiger partial charge >= 0.3 is 0 Å². The van der Waals surface area contributed by atoms with E-state index in [9.17, 15) is 0 Å². The lowest BCUT2D eigenvalue weighted by molar-refractivity contribution is -0.769. The second-order valence-corrected chi connectivity index (χ2v) is 20.0. The minimum absolute atomic E-state index is 0.108. The van der Waals surface area contributed by atoms with E-state index in [1.165, 1.54) is 67.6 Å². The molecule has 0 aliphatic carbocycles. The molecule has 0 saturated heterocycles. The van der Waals surface area contributed by atoms with Gasteiger partial charge in [-0.15, -0.1) is 0 Å². The van der Waals surface area contributed by atoms with Crippen molar-refractivity contribution in [1.82, 2.24) is 4.57 Å². The molecule has 8 aromatic rings. The summed E-state index contributed by atoms with van der Waals surface area (Å²) in [7, 11) is 0. The molecule has 64 heavy (non-hydrogen) atoms. The molecule has 0 N–H and O–H groups in total. The fourth-order valence-electron chi connectivity index (χ4n) is 12.7. The summed E-state index contributed by atoms with van der Waals surface area (Å²) in [4.78, 5) is 5.38. The Morgan fingerprint density at radius 2 is 1.38 bits per heavy atom. The quantitative estimate of drug-likeness (QED) is 0.136. The lowest BCUT2D eigenvalue weighted by atomic mass is 9.58. The number of para-hydroxylation sites is 4. The highest BCUT2D eigenvalue weighted by Gasteiger charge is 2.61. The van der Waals surface area contributed by atoms with E-state index >= 15 is 0 Å². The minimum Gasteiger partial charge on any atom is -0.456 e. The molecule has 2 aromatic heterocycles. The van der Waals surface area contributed by atoms with E-state index in [0.717, 1.165) is 46.8 Å². The number of nitrogens with zero attached hydrogens (tertiary/aromatic N) is 4. The van der Waals surface area contributed by atoms with Gasteiger partial charge in [0.05, 0.1) is 22.6 Å².